The highest BCUT2D eigenvalue weighted by molar-refractivity contribution is 7.17. The smallest absolute Gasteiger partial charge is 0.345 e. The topological polar surface area (TPSA) is 102 Å². The number of carbonyl (C=O) groups is 2. The number of nitriles is 1. The van der Waals surface area contributed by atoms with Gasteiger partial charge in [-0.1, -0.05) is 38.1 Å². The Labute approximate surface area is 211 Å². The van der Waals surface area contributed by atoms with Gasteiger partial charge in [-0.2, -0.15) is 0 Å². The predicted molar refractivity (Wildman–Crippen MR) is 144 cm³/mol. The van der Waals surface area contributed by atoms with E-state index in [1.54, 1.807) is 12.1 Å². The van der Waals surface area contributed by atoms with Crippen molar-refractivity contribution in [3.8, 4) is 16.4 Å². The number of carboxylic acids is 1. The number of anilines is 1. The molecule has 4 rings (SSSR count). The molecule has 1 aromatic heterocycles. The van der Waals surface area contributed by atoms with Gasteiger partial charge in [-0.3, -0.25) is 4.79 Å². The molecule has 3 N–H and O–H groups in total. The van der Waals surface area contributed by atoms with E-state index in [4.69, 9.17) is 5.26 Å². The van der Waals surface area contributed by atoms with Crippen LogP contribution in [-0.4, -0.2) is 29.7 Å². The number of amides is 1. The van der Waals surface area contributed by atoms with Crippen molar-refractivity contribution < 1.29 is 14.7 Å². The van der Waals surface area contributed by atoms with Crippen LogP contribution in [-0.2, 0) is 0 Å². The molecule has 3 aromatic rings. The summed E-state index contributed by atoms with van der Waals surface area (Å²) in [5.41, 5.74) is 4.25. The van der Waals surface area contributed by atoms with Crippen LogP contribution < -0.4 is 10.6 Å². The number of benzene rings is 2. The van der Waals surface area contributed by atoms with Crippen molar-refractivity contribution in [1.82, 2.24) is 5.32 Å². The molecule has 1 saturated heterocycles. The summed E-state index contributed by atoms with van der Waals surface area (Å²) in [5.74, 6) is 1.20. The fraction of sp³-hybridized carbons (Fsp3) is 0.296. The van der Waals surface area contributed by atoms with E-state index >= 15 is 0 Å². The molecule has 1 fully saturated rings. The van der Waals surface area contributed by atoms with Crippen LogP contribution in [0.5, 0.6) is 0 Å². The third-order valence-electron chi connectivity index (χ3n) is 6.01. The van der Waals surface area contributed by atoms with Crippen LogP contribution in [0.1, 0.15) is 58.0 Å². The number of thiophene rings is 1. The minimum absolute atomic E-state index is 0.122. The molecule has 2 aromatic carbocycles. The average molecular weight is 487 g/mol. The van der Waals surface area contributed by atoms with Crippen molar-refractivity contribution >= 4 is 35.6 Å². The molecular weight excluding hydrogens is 457 g/mol. The molecule has 0 bridgehead atoms. The second-order valence-corrected chi connectivity index (χ2v) is 9.54. The monoisotopic (exact) mass is 487 g/mol. The molecule has 0 aliphatic carbocycles. The third-order valence-corrected chi connectivity index (χ3v) is 7.13. The number of nitrogens with one attached hydrogen (secondary N) is 2. The SMILES string of the molecule is CC.Cc1ccc(NC2CB(C#N)C2)cc1C(=O)NC(C)c1cccc(-c2ccc(C(=O)O)s2)c1. The van der Waals surface area contributed by atoms with Gasteiger partial charge in [0.1, 0.15) is 4.88 Å². The molecule has 1 aliphatic rings. The van der Waals surface area contributed by atoms with Crippen LogP contribution >= 0.6 is 11.3 Å². The van der Waals surface area contributed by atoms with Crippen LogP contribution in [0.4, 0.5) is 5.69 Å². The molecule has 1 amide bonds. The molecule has 1 aliphatic heterocycles. The van der Waals surface area contributed by atoms with Gasteiger partial charge >= 0.3 is 5.97 Å². The zero-order valence-electron chi connectivity index (χ0n) is 20.5. The number of aryl methyl sites for hydroxylation is 1. The van der Waals surface area contributed by atoms with Gasteiger partial charge in [0, 0.05) is 28.1 Å². The van der Waals surface area contributed by atoms with Gasteiger partial charge in [-0.05, 0) is 73.5 Å². The lowest BCUT2D eigenvalue weighted by Crippen LogP contribution is -2.40. The maximum absolute atomic E-state index is 13.1. The van der Waals surface area contributed by atoms with E-state index in [1.807, 2.05) is 70.2 Å². The Morgan fingerprint density at radius 1 is 1.14 bits per heavy atom. The molecule has 1 atom stereocenters. The van der Waals surface area contributed by atoms with Gasteiger partial charge in [0.2, 0.25) is 0 Å². The summed E-state index contributed by atoms with van der Waals surface area (Å²) in [7, 11) is 0. The van der Waals surface area contributed by atoms with Crippen LogP contribution in [0.2, 0.25) is 12.6 Å². The molecule has 0 radical (unpaired) electrons. The molecule has 1 unspecified atom stereocenters. The number of nitrogens with zero attached hydrogens (tertiary/aromatic N) is 1. The summed E-state index contributed by atoms with van der Waals surface area (Å²) < 4.78 is 0. The molecule has 0 spiro atoms. The van der Waals surface area contributed by atoms with Gasteiger partial charge in [-0.15, -0.1) is 11.3 Å². The Kier molecular flexibility index (Phi) is 8.72. The van der Waals surface area contributed by atoms with E-state index in [2.05, 4.69) is 16.6 Å². The number of rotatable bonds is 7. The van der Waals surface area contributed by atoms with Crippen molar-refractivity contribution in [3.05, 3.63) is 76.2 Å². The first-order chi connectivity index (χ1) is 16.8. The Balaban J connectivity index is 0.00000167. The summed E-state index contributed by atoms with van der Waals surface area (Å²) in [6.45, 7) is 7.97. The highest BCUT2D eigenvalue weighted by Crippen LogP contribution is 2.30. The van der Waals surface area contributed by atoms with Crippen molar-refractivity contribution in [1.29, 1.82) is 5.26 Å². The van der Waals surface area contributed by atoms with E-state index in [9.17, 15) is 14.7 Å². The maximum Gasteiger partial charge on any atom is 0.345 e. The maximum atomic E-state index is 13.1. The Bertz CT molecular complexity index is 1240. The summed E-state index contributed by atoms with van der Waals surface area (Å²) in [5, 5.41) is 24.6. The lowest BCUT2D eigenvalue weighted by molar-refractivity contribution is 0.0701. The Morgan fingerprint density at radius 2 is 1.89 bits per heavy atom. The molecule has 0 saturated carbocycles. The lowest BCUT2D eigenvalue weighted by Gasteiger charge is -2.30. The van der Waals surface area contributed by atoms with Crippen molar-refractivity contribution in [2.24, 2.45) is 0 Å². The quantitative estimate of drug-likeness (QED) is 0.340. The standard InChI is InChI=1S/C25H24BN3O3S.C2H6/c1-15-6-7-19(29-20-12-26(13-20)14-27)11-21(15)24(30)28-16(2)17-4-3-5-18(10-17)22-8-9-23(33-22)25(31)32;1-2/h3-11,16,20,29H,12-13H2,1-2H3,(H,28,30)(H,31,32);1-2H3. The molecule has 35 heavy (non-hydrogen) atoms. The fourth-order valence-electron chi connectivity index (χ4n) is 3.96. The third kappa shape index (κ3) is 6.31. The highest BCUT2D eigenvalue weighted by atomic mass is 32.1. The van der Waals surface area contributed by atoms with Gasteiger partial charge < -0.3 is 15.7 Å². The first kappa shape index (κ1) is 26.0. The second-order valence-electron chi connectivity index (χ2n) is 8.46. The van der Waals surface area contributed by atoms with Gasteiger partial charge in [0.15, 0.2) is 0 Å². The van der Waals surface area contributed by atoms with Gasteiger partial charge in [0.25, 0.3) is 12.6 Å². The average Bonchev–Trinajstić information content (AvgIpc) is 3.34. The molecule has 8 heteroatoms. The first-order valence-corrected chi connectivity index (χ1v) is 12.7. The summed E-state index contributed by atoms with van der Waals surface area (Å²) in [6.07, 6.45) is 1.66. The number of carboxylic acid groups (broad SMARTS) is 1. The van der Waals surface area contributed by atoms with E-state index < -0.39 is 5.97 Å². The van der Waals surface area contributed by atoms with E-state index in [-0.39, 0.29) is 24.7 Å². The van der Waals surface area contributed by atoms with Crippen molar-refractivity contribution in [2.45, 2.75) is 52.4 Å². The van der Waals surface area contributed by atoms with Crippen LogP contribution in [0.25, 0.3) is 10.4 Å². The molecular formula is C27H30BN3O3S. The Hall–Kier alpha value is -3.57. The van der Waals surface area contributed by atoms with Crippen molar-refractivity contribution in [3.63, 3.8) is 0 Å². The van der Waals surface area contributed by atoms with E-state index in [0.29, 0.717) is 10.4 Å². The number of carbonyl (C=O) groups excluding carboxylic acids is 1. The van der Waals surface area contributed by atoms with E-state index in [0.717, 1.165) is 39.9 Å². The lowest BCUT2D eigenvalue weighted by atomic mass is 9.34. The van der Waals surface area contributed by atoms with Crippen LogP contribution in [0.15, 0.2) is 54.6 Å². The van der Waals surface area contributed by atoms with Gasteiger partial charge in [0.05, 0.1) is 6.04 Å². The largest absolute Gasteiger partial charge is 0.477 e. The van der Waals surface area contributed by atoms with E-state index in [1.165, 1.54) is 11.3 Å². The van der Waals surface area contributed by atoms with Gasteiger partial charge in [-0.25, -0.2) is 10.1 Å². The van der Waals surface area contributed by atoms with Crippen LogP contribution in [0.3, 0.4) is 0 Å². The molecule has 180 valence electrons. The normalized spacial score (nSPS) is 13.5. The van der Waals surface area contributed by atoms with Crippen molar-refractivity contribution in [2.75, 3.05) is 5.32 Å². The molecule has 2 heterocycles. The fourth-order valence-corrected chi connectivity index (χ4v) is 4.80. The Morgan fingerprint density at radius 3 is 2.54 bits per heavy atom. The zero-order chi connectivity index (χ0) is 25.5. The minimum atomic E-state index is -0.933. The summed E-state index contributed by atoms with van der Waals surface area (Å²) in [4.78, 5) is 25.4. The zero-order valence-corrected chi connectivity index (χ0v) is 21.3. The number of aromatic carboxylic acids is 1. The second kappa shape index (κ2) is 11.7. The highest BCUT2D eigenvalue weighted by Gasteiger charge is 2.33. The minimum Gasteiger partial charge on any atom is -0.477 e. The predicted octanol–water partition coefficient (Wildman–Crippen LogP) is 6.29. The summed E-state index contributed by atoms with van der Waals surface area (Å²) in [6, 6.07) is 17.0. The molecule has 6 nitrogen and oxygen atoms in total. The summed E-state index contributed by atoms with van der Waals surface area (Å²) >= 11 is 1.23. The number of hydrogen-bond donors (Lipinski definition) is 3. The first-order valence-electron chi connectivity index (χ1n) is 11.8. The number of hydrogen-bond acceptors (Lipinski definition) is 5. The van der Waals surface area contributed by atoms with Crippen LogP contribution in [0, 0.1) is 18.2 Å².